The summed E-state index contributed by atoms with van der Waals surface area (Å²) >= 11 is 6.27. The fourth-order valence-corrected chi connectivity index (χ4v) is 5.43. The first kappa shape index (κ1) is 30.4. The maximum absolute atomic E-state index is 13.9. The molecule has 0 bridgehead atoms. The second-order valence-corrected chi connectivity index (χ2v) is 11.1. The molecule has 1 N–H and O–H groups in total. The lowest BCUT2D eigenvalue weighted by atomic mass is 10.1. The zero-order valence-corrected chi connectivity index (χ0v) is 24.2. The number of carbonyl (C=O) groups is 3. The summed E-state index contributed by atoms with van der Waals surface area (Å²) in [4.78, 5) is 41.1. The lowest BCUT2D eigenvalue weighted by Gasteiger charge is -2.24. The molecule has 0 aromatic heterocycles. The van der Waals surface area contributed by atoms with E-state index in [-0.39, 0.29) is 10.2 Å². The first-order chi connectivity index (χ1) is 18.8. The Kier molecular flexibility index (Phi) is 12.0. The van der Waals surface area contributed by atoms with Crippen molar-refractivity contribution in [2.45, 2.75) is 59.0 Å². The van der Waals surface area contributed by atoms with Crippen LogP contribution in [0.1, 0.15) is 73.9 Å². The molecule has 1 aliphatic heterocycles. The number of benzene rings is 2. The molecule has 208 valence electrons. The highest BCUT2D eigenvalue weighted by Gasteiger charge is 2.33. The quantitative estimate of drug-likeness (QED) is 0.152. The molecule has 3 rings (SSSR count). The largest absolute Gasteiger partial charge is 0.488 e. The van der Waals surface area contributed by atoms with Crippen molar-refractivity contribution in [2.24, 2.45) is 0 Å². The van der Waals surface area contributed by atoms with Gasteiger partial charge in [-0.15, -0.1) is 0 Å². The van der Waals surface area contributed by atoms with Gasteiger partial charge in [0.2, 0.25) is 0 Å². The summed E-state index contributed by atoms with van der Waals surface area (Å²) in [6.45, 7) is 5.46. The fraction of sp³-hybridized carbons (Fsp3) is 0.400. The van der Waals surface area contributed by atoms with Gasteiger partial charge >= 0.3 is 5.97 Å². The number of hydrogen-bond acceptors (Lipinski definition) is 6. The van der Waals surface area contributed by atoms with E-state index in [0.29, 0.717) is 41.5 Å². The van der Waals surface area contributed by atoms with Crippen LogP contribution in [0.25, 0.3) is 6.08 Å². The van der Waals surface area contributed by atoms with Crippen LogP contribution in [0.4, 0.5) is 0 Å². The van der Waals surface area contributed by atoms with Crippen molar-refractivity contribution in [1.29, 1.82) is 0 Å². The number of aliphatic carboxylic acids is 1. The third-order valence-electron chi connectivity index (χ3n) is 6.29. The average Bonchev–Trinajstić information content (AvgIpc) is 3.18. The highest BCUT2D eigenvalue weighted by Crippen LogP contribution is 2.33. The predicted octanol–water partition coefficient (Wildman–Crippen LogP) is 6.37. The number of carboxylic acid groups (broad SMARTS) is 1. The number of ether oxygens (including phenoxy) is 1. The molecule has 2 aromatic rings. The molecule has 1 aliphatic rings. The molecule has 2 aromatic carbocycles. The Morgan fingerprint density at radius 2 is 1.69 bits per heavy atom. The first-order valence-electron chi connectivity index (χ1n) is 13.4. The Morgan fingerprint density at radius 1 is 1.03 bits per heavy atom. The van der Waals surface area contributed by atoms with Crippen LogP contribution >= 0.6 is 24.0 Å². The van der Waals surface area contributed by atoms with E-state index in [0.717, 1.165) is 60.8 Å². The van der Waals surface area contributed by atoms with Crippen LogP contribution in [0.15, 0.2) is 53.4 Å². The van der Waals surface area contributed by atoms with E-state index < -0.39 is 18.4 Å². The number of rotatable bonds is 15. The first-order valence-corrected chi connectivity index (χ1v) is 14.6. The molecule has 1 heterocycles. The van der Waals surface area contributed by atoms with Crippen molar-refractivity contribution < 1.29 is 24.2 Å². The Hall–Kier alpha value is -3.17. The predicted molar refractivity (Wildman–Crippen MR) is 160 cm³/mol. The van der Waals surface area contributed by atoms with Gasteiger partial charge in [-0.25, -0.2) is 0 Å². The number of hydrogen-bond donors (Lipinski definition) is 1. The van der Waals surface area contributed by atoms with Gasteiger partial charge in [0.05, 0.1) is 10.5 Å². The summed E-state index contributed by atoms with van der Waals surface area (Å²) in [6.07, 6.45) is 7.74. The van der Waals surface area contributed by atoms with Crippen LogP contribution in [0.5, 0.6) is 5.75 Å². The van der Waals surface area contributed by atoms with Crippen molar-refractivity contribution in [3.8, 4) is 5.75 Å². The van der Waals surface area contributed by atoms with Crippen LogP contribution in [0.2, 0.25) is 0 Å². The topological polar surface area (TPSA) is 87.2 Å². The maximum atomic E-state index is 13.9. The number of carboxylic acids is 1. The average molecular weight is 569 g/mol. The number of carbonyl (C=O) groups excluding carboxylic acids is 2. The monoisotopic (exact) mass is 568 g/mol. The summed E-state index contributed by atoms with van der Waals surface area (Å²) < 4.78 is 6.33. The van der Waals surface area contributed by atoms with E-state index in [1.807, 2.05) is 35.2 Å². The Bertz CT molecular complexity index is 1190. The highest BCUT2D eigenvalue weighted by atomic mass is 32.2. The second-order valence-electron chi connectivity index (χ2n) is 9.40. The molecule has 0 radical (unpaired) electrons. The minimum Gasteiger partial charge on any atom is -0.488 e. The molecule has 2 amide bonds. The van der Waals surface area contributed by atoms with Gasteiger partial charge in [-0.2, -0.15) is 0 Å². The molecule has 0 spiro atoms. The van der Waals surface area contributed by atoms with Gasteiger partial charge in [-0.1, -0.05) is 99.9 Å². The molecule has 7 nitrogen and oxygen atoms in total. The van der Waals surface area contributed by atoms with Gasteiger partial charge < -0.3 is 14.7 Å². The van der Waals surface area contributed by atoms with Gasteiger partial charge in [-0.3, -0.25) is 19.3 Å². The third-order valence-corrected chi connectivity index (χ3v) is 7.66. The van der Waals surface area contributed by atoms with Gasteiger partial charge in [0, 0.05) is 13.1 Å². The minimum absolute atomic E-state index is 0.0982. The number of thioether (sulfide) groups is 1. The van der Waals surface area contributed by atoms with Crippen molar-refractivity contribution in [1.82, 2.24) is 9.80 Å². The Labute approximate surface area is 240 Å². The van der Waals surface area contributed by atoms with Crippen molar-refractivity contribution >= 4 is 52.2 Å². The lowest BCUT2D eigenvalue weighted by molar-refractivity contribution is -0.140. The number of amides is 2. The van der Waals surface area contributed by atoms with E-state index in [4.69, 9.17) is 22.1 Å². The van der Waals surface area contributed by atoms with Crippen LogP contribution in [-0.4, -0.2) is 56.6 Å². The summed E-state index contributed by atoms with van der Waals surface area (Å²) in [6, 6.07) is 15.1. The van der Waals surface area contributed by atoms with Crippen LogP contribution in [0, 0.1) is 0 Å². The van der Waals surface area contributed by atoms with E-state index in [9.17, 15) is 14.4 Å². The second kappa shape index (κ2) is 15.4. The summed E-state index contributed by atoms with van der Waals surface area (Å²) in [5, 5.41) is 9.11. The maximum Gasteiger partial charge on any atom is 0.323 e. The molecule has 9 heteroatoms. The fourth-order valence-electron chi connectivity index (χ4n) is 4.18. The minimum atomic E-state index is -1.13. The van der Waals surface area contributed by atoms with Crippen LogP contribution < -0.4 is 4.74 Å². The van der Waals surface area contributed by atoms with E-state index in [1.165, 1.54) is 0 Å². The van der Waals surface area contributed by atoms with Crippen molar-refractivity contribution in [2.75, 3.05) is 19.6 Å². The van der Waals surface area contributed by atoms with Gasteiger partial charge in [0.15, 0.2) is 0 Å². The normalized spacial score (nSPS) is 14.2. The molecule has 0 unspecified atom stereocenters. The van der Waals surface area contributed by atoms with E-state index in [1.54, 1.807) is 24.3 Å². The molecule has 0 saturated carbocycles. The van der Waals surface area contributed by atoms with Crippen molar-refractivity contribution in [3.05, 3.63) is 70.1 Å². The molecular formula is C30H36N2O5S2. The smallest absolute Gasteiger partial charge is 0.323 e. The Balaban J connectivity index is 1.93. The third kappa shape index (κ3) is 8.93. The van der Waals surface area contributed by atoms with Gasteiger partial charge in [-0.05, 0) is 42.2 Å². The highest BCUT2D eigenvalue weighted by molar-refractivity contribution is 8.26. The zero-order valence-electron chi connectivity index (χ0n) is 22.6. The molecule has 0 atom stereocenters. The molecule has 1 saturated heterocycles. The van der Waals surface area contributed by atoms with Crippen LogP contribution in [0.3, 0.4) is 0 Å². The number of thiocarbonyl (C=S) groups is 1. The lowest BCUT2D eigenvalue weighted by Crippen LogP contribution is -2.33. The SMILES string of the molecule is CCCCCN(CCCCC)C(=O)c1cc(C=C2SC(=S)N(CC(=O)O)C2=O)ccc1OCc1ccccc1. The number of unbranched alkanes of at least 4 members (excludes halogenated alkanes) is 4. The molecular weight excluding hydrogens is 532 g/mol. The van der Waals surface area contributed by atoms with E-state index >= 15 is 0 Å². The molecule has 1 fully saturated rings. The number of nitrogens with zero attached hydrogens (tertiary/aromatic N) is 2. The van der Waals surface area contributed by atoms with Gasteiger partial charge in [0.25, 0.3) is 11.8 Å². The van der Waals surface area contributed by atoms with Gasteiger partial charge in [0.1, 0.15) is 23.2 Å². The summed E-state index contributed by atoms with van der Waals surface area (Å²) in [5.41, 5.74) is 2.07. The van der Waals surface area contributed by atoms with Crippen LogP contribution in [-0.2, 0) is 16.2 Å². The Morgan fingerprint density at radius 3 is 2.31 bits per heavy atom. The zero-order chi connectivity index (χ0) is 28.2. The molecule has 39 heavy (non-hydrogen) atoms. The van der Waals surface area contributed by atoms with Crippen molar-refractivity contribution in [3.63, 3.8) is 0 Å². The molecule has 0 aliphatic carbocycles. The summed E-state index contributed by atoms with van der Waals surface area (Å²) in [5.74, 6) is -1.20. The standard InChI is InChI=1S/C30H36N2O5S2/c1-3-5-10-16-31(17-11-6-4-2)28(35)24-18-23(14-15-25(24)37-21-22-12-8-7-9-13-22)19-26-29(36)32(20-27(33)34)30(38)39-26/h7-9,12-15,18-19H,3-6,10-11,16-17,20-21H2,1-2H3,(H,33,34). The summed E-state index contributed by atoms with van der Waals surface area (Å²) in [7, 11) is 0. The van der Waals surface area contributed by atoms with E-state index in [2.05, 4.69) is 13.8 Å².